The highest BCUT2D eigenvalue weighted by molar-refractivity contribution is 5.94. The van der Waals surface area contributed by atoms with Crippen LogP contribution in [-0.4, -0.2) is 27.2 Å². The summed E-state index contributed by atoms with van der Waals surface area (Å²) in [6.45, 7) is 4.62. The van der Waals surface area contributed by atoms with E-state index < -0.39 is 0 Å². The highest BCUT2D eigenvalue weighted by Crippen LogP contribution is 2.20. The van der Waals surface area contributed by atoms with Crippen LogP contribution in [0, 0.1) is 5.82 Å². The zero-order valence-electron chi connectivity index (χ0n) is 14.8. The van der Waals surface area contributed by atoms with Gasteiger partial charge >= 0.3 is 0 Å². The maximum Gasteiger partial charge on any atom is 0.251 e. The molecule has 0 aliphatic rings. The average molecular weight is 352 g/mol. The second-order valence-corrected chi connectivity index (χ2v) is 6.34. The van der Waals surface area contributed by atoms with Gasteiger partial charge in [0.2, 0.25) is 0 Å². The first-order valence-electron chi connectivity index (χ1n) is 8.57. The van der Waals surface area contributed by atoms with Crippen molar-refractivity contribution in [3.05, 3.63) is 72.1 Å². The van der Waals surface area contributed by atoms with Crippen LogP contribution in [0.1, 0.15) is 36.1 Å². The van der Waals surface area contributed by atoms with E-state index in [-0.39, 0.29) is 17.8 Å². The summed E-state index contributed by atoms with van der Waals surface area (Å²) in [5.74, 6) is 0.455. The number of rotatable bonds is 6. The van der Waals surface area contributed by atoms with Crippen LogP contribution in [0.2, 0.25) is 0 Å². The van der Waals surface area contributed by atoms with Crippen molar-refractivity contribution in [3.63, 3.8) is 0 Å². The molecular weight excluding hydrogens is 331 g/mol. The van der Waals surface area contributed by atoms with Crippen LogP contribution in [0.4, 0.5) is 4.39 Å². The van der Waals surface area contributed by atoms with Gasteiger partial charge in [0.05, 0.1) is 0 Å². The minimum atomic E-state index is -0.266. The Labute approximate surface area is 151 Å². The Kier molecular flexibility index (Phi) is 5.41. The van der Waals surface area contributed by atoms with Gasteiger partial charge in [-0.15, -0.1) is 10.2 Å². The summed E-state index contributed by atoms with van der Waals surface area (Å²) in [7, 11) is 0. The Morgan fingerprint density at radius 3 is 2.31 bits per heavy atom. The summed E-state index contributed by atoms with van der Waals surface area (Å²) >= 11 is 0. The summed E-state index contributed by atoms with van der Waals surface area (Å²) in [6, 6.07) is 13.8. The maximum atomic E-state index is 13.0. The van der Waals surface area contributed by atoms with Crippen molar-refractivity contribution in [2.75, 3.05) is 6.54 Å². The van der Waals surface area contributed by atoms with Gasteiger partial charge in [0.1, 0.15) is 18.0 Å². The Bertz CT molecular complexity index is 870. The molecular formula is C20H21FN4O. The van der Waals surface area contributed by atoms with Crippen LogP contribution in [0.5, 0.6) is 0 Å². The third-order valence-electron chi connectivity index (χ3n) is 4.16. The fourth-order valence-electron chi connectivity index (χ4n) is 2.72. The van der Waals surface area contributed by atoms with Gasteiger partial charge in [0, 0.05) is 24.6 Å². The van der Waals surface area contributed by atoms with E-state index in [2.05, 4.69) is 29.4 Å². The summed E-state index contributed by atoms with van der Waals surface area (Å²) in [4.78, 5) is 12.3. The topological polar surface area (TPSA) is 59.8 Å². The van der Waals surface area contributed by atoms with Crippen LogP contribution in [-0.2, 0) is 6.42 Å². The van der Waals surface area contributed by atoms with Gasteiger partial charge in [-0.1, -0.05) is 24.3 Å². The number of aromatic nitrogens is 3. The molecule has 0 fully saturated rings. The van der Waals surface area contributed by atoms with Gasteiger partial charge in [0.25, 0.3) is 5.91 Å². The van der Waals surface area contributed by atoms with Crippen molar-refractivity contribution in [2.24, 2.45) is 0 Å². The minimum absolute atomic E-state index is 0.133. The standard InChI is InChI=1S/C20H21FN4O/c1-14(2)25-13-23-24-19(25)11-12-22-20(26)17-5-3-15(4-6-17)16-7-9-18(21)10-8-16/h3-10,13-14H,11-12H2,1-2H3,(H,22,26). The molecule has 0 saturated carbocycles. The van der Waals surface area contributed by atoms with E-state index in [1.807, 2.05) is 16.7 Å². The van der Waals surface area contributed by atoms with E-state index >= 15 is 0 Å². The van der Waals surface area contributed by atoms with E-state index in [1.165, 1.54) is 12.1 Å². The zero-order chi connectivity index (χ0) is 18.5. The first-order valence-corrected chi connectivity index (χ1v) is 8.57. The van der Waals surface area contributed by atoms with Crippen molar-refractivity contribution in [3.8, 4) is 11.1 Å². The van der Waals surface area contributed by atoms with Crippen molar-refractivity contribution in [2.45, 2.75) is 26.3 Å². The number of benzene rings is 2. The molecule has 6 heteroatoms. The molecule has 0 atom stereocenters. The molecule has 2 aromatic carbocycles. The van der Waals surface area contributed by atoms with E-state index in [4.69, 9.17) is 0 Å². The molecule has 0 spiro atoms. The highest BCUT2D eigenvalue weighted by atomic mass is 19.1. The zero-order valence-corrected chi connectivity index (χ0v) is 14.8. The number of carbonyl (C=O) groups excluding carboxylic acids is 1. The van der Waals surface area contributed by atoms with Crippen LogP contribution in [0.25, 0.3) is 11.1 Å². The molecule has 0 aliphatic heterocycles. The lowest BCUT2D eigenvalue weighted by Gasteiger charge is -2.10. The van der Waals surface area contributed by atoms with Crippen LogP contribution in [0.3, 0.4) is 0 Å². The number of hydrogen-bond donors (Lipinski definition) is 1. The van der Waals surface area contributed by atoms with Gasteiger partial charge in [0.15, 0.2) is 0 Å². The molecule has 0 bridgehead atoms. The molecule has 134 valence electrons. The van der Waals surface area contributed by atoms with Crippen molar-refractivity contribution < 1.29 is 9.18 Å². The molecule has 1 amide bonds. The second-order valence-electron chi connectivity index (χ2n) is 6.34. The van der Waals surface area contributed by atoms with Gasteiger partial charge in [-0.3, -0.25) is 4.79 Å². The maximum absolute atomic E-state index is 13.0. The predicted octanol–water partition coefficient (Wildman–Crippen LogP) is 3.64. The summed E-state index contributed by atoms with van der Waals surface area (Å²) in [6.07, 6.45) is 2.33. The first kappa shape index (κ1) is 17.8. The quantitative estimate of drug-likeness (QED) is 0.737. The first-order chi connectivity index (χ1) is 12.5. The van der Waals surface area contributed by atoms with Crippen molar-refractivity contribution in [1.29, 1.82) is 0 Å². The molecule has 3 aromatic rings. The van der Waals surface area contributed by atoms with Gasteiger partial charge in [-0.2, -0.15) is 0 Å². The van der Waals surface area contributed by atoms with E-state index in [1.54, 1.807) is 30.6 Å². The normalized spacial score (nSPS) is 10.9. The average Bonchev–Trinajstić information content (AvgIpc) is 3.11. The fraction of sp³-hybridized carbons (Fsp3) is 0.250. The molecule has 0 unspecified atom stereocenters. The number of nitrogens with zero attached hydrogens (tertiary/aromatic N) is 3. The molecule has 0 radical (unpaired) electrons. The van der Waals surface area contributed by atoms with Crippen LogP contribution in [0.15, 0.2) is 54.9 Å². The number of halogens is 1. The van der Waals surface area contributed by atoms with Crippen LogP contribution < -0.4 is 5.32 Å². The van der Waals surface area contributed by atoms with Crippen molar-refractivity contribution in [1.82, 2.24) is 20.1 Å². The molecule has 0 aliphatic carbocycles. The highest BCUT2D eigenvalue weighted by Gasteiger charge is 2.09. The Hall–Kier alpha value is -3.02. The molecule has 1 aromatic heterocycles. The van der Waals surface area contributed by atoms with Crippen molar-refractivity contribution >= 4 is 5.91 Å². The monoisotopic (exact) mass is 352 g/mol. The van der Waals surface area contributed by atoms with E-state index in [0.717, 1.165) is 17.0 Å². The third-order valence-corrected chi connectivity index (χ3v) is 4.16. The Morgan fingerprint density at radius 2 is 1.69 bits per heavy atom. The van der Waals surface area contributed by atoms with E-state index in [0.29, 0.717) is 18.5 Å². The smallest absolute Gasteiger partial charge is 0.251 e. The summed E-state index contributed by atoms with van der Waals surface area (Å²) < 4.78 is 15.0. The Balaban J connectivity index is 1.58. The summed E-state index contributed by atoms with van der Waals surface area (Å²) in [5.41, 5.74) is 2.43. The van der Waals surface area contributed by atoms with Gasteiger partial charge < -0.3 is 9.88 Å². The molecule has 1 N–H and O–H groups in total. The largest absolute Gasteiger partial charge is 0.352 e. The molecule has 5 nitrogen and oxygen atoms in total. The predicted molar refractivity (Wildman–Crippen MR) is 98.3 cm³/mol. The second kappa shape index (κ2) is 7.91. The lowest BCUT2D eigenvalue weighted by atomic mass is 10.0. The number of carbonyl (C=O) groups is 1. The minimum Gasteiger partial charge on any atom is -0.352 e. The van der Waals surface area contributed by atoms with Crippen LogP contribution >= 0.6 is 0 Å². The van der Waals surface area contributed by atoms with Gasteiger partial charge in [-0.25, -0.2) is 4.39 Å². The lowest BCUT2D eigenvalue weighted by Crippen LogP contribution is -2.26. The number of amides is 1. The molecule has 1 heterocycles. The molecule has 26 heavy (non-hydrogen) atoms. The van der Waals surface area contributed by atoms with E-state index in [9.17, 15) is 9.18 Å². The SMILES string of the molecule is CC(C)n1cnnc1CCNC(=O)c1ccc(-c2ccc(F)cc2)cc1. The molecule has 0 saturated heterocycles. The summed E-state index contributed by atoms with van der Waals surface area (Å²) in [5, 5.41) is 10.9. The Morgan fingerprint density at radius 1 is 1.08 bits per heavy atom. The third kappa shape index (κ3) is 4.14. The number of hydrogen-bond acceptors (Lipinski definition) is 3. The van der Waals surface area contributed by atoms with Gasteiger partial charge in [-0.05, 0) is 49.2 Å². The molecule has 3 rings (SSSR count). The fourth-order valence-corrected chi connectivity index (χ4v) is 2.72. The lowest BCUT2D eigenvalue weighted by molar-refractivity contribution is 0.0954. The number of nitrogens with one attached hydrogen (secondary N) is 1.